The van der Waals surface area contributed by atoms with Crippen LogP contribution in [0.5, 0.6) is 0 Å². The Morgan fingerprint density at radius 1 is 0.519 bits per heavy atom. The molecule has 163 valence electrons. The van der Waals surface area contributed by atoms with Gasteiger partial charge >= 0.3 is 12.4 Å². The van der Waals surface area contributed by atoms with Gasteiger partial charge in [0, 0.05) is 0 Å². The van der Waals surface area contributed by atoms with E-state index in [4.69, 9.17) is 0 Å². The van der Waals surface area contributed by atoms with Crippen molar-refractivity contribution in [3.05, 3.63) is 6.92 Å². The predicted molar refractivity (Wildman–Crippen MR) is 99.4 cm³/mol. The molecule has 0 aliphatic carbocycles. The van der Waals surface area contributed by atoms with Crippen LogP contribution in [0.4, 0.5) is 26.3 Å². The highest BCUT2D eigenvalue weighted by atomic mass is 19.4. The van der Waals surface area contributed by atoms with Crippen LogP contribution in [0, 0.1) is 12.3 Å². The average Bonchev–Trinajstić information content (AvgIpc) is 2.56. The average molecular weight is 404 g/mol. The quantitative estimate of drug-likeness (QED) is 0.178. The number of halogens is 6. The normalized spacial score (nSPS) is 13.3. The van der Waals surface area contributed by atoms with Crippen molar-refractivity contribution in [3.63, 3.8) is 0 Å². The van der Waals surface area contributed by atoms with E-state index < -0.39 is 30.6 Å². The summed E-state index contributed by atoms with van der Waals surface area (Å²) in [4.78, 5) is 0. The largest absolute Gasteiger partial charge is 0.403 e. The zero-order valence-corrected chi connectivity index (χ0v) is 16.8. The van der Waals surface area contributed by atoms with Gasteiger partial charge in [-0.1, -0.05) is 104 Å². The molecule has 0 aromatic rings. The summed E-state index contributed by atoms with van der Waals surface area (Å²) in [5.41, 5.74) is -3.66. The van der Waals surface area contributed by atoms with E-state index in [1.807, 2.05) is 0 Å². The number of rotatable bonds is 16. The van der Waals surface area contributed by atoms with Crippen LogP contribution in [0.2, 0.25) is 0 Å². The van der Waals surface area contributed by atoms with Crippen molar-refractivity contribution in [2.75, 3.05) is 0 Å². The van der Waals surface area contributed by atoms with Crippen LogP contribution in [0.25, 0.3) is 0 Å². The highest BCUT2D eigenvalue weighted by Gasteiger charge is 2.68. The molecular formula is C21H37F6. The molecule has 0 spiro atoms. The highest BCUT2D eigenvalue weighted by Crippen LogP contribution is 2.55. The lowest BCUT2D eigenvalue weighted by molar-refractivity contribution is -0.343. The zero-order chi connectivity index (χ0) is 20.8. The van der Waals surface area contributed by atoms with Crippen molar-refractivity contribution in [1.82, 2.24) is 0 Å². The van der Waals surface area contributed by atoms with Gasteiger partial charge in [0.15, 0.2) is 5.41 Å². The van der Waals surface area contributed by atoms with E-state index in [9.17, 15) is 26.3 Å². The second-order valence-corrected chi connectivity index (χ2v) is 7.67. The third kappa shape index (κ3) is 10.1. The Kier molecular flexibility index (Phi) is 13.5. The minimum Gasteiger partial charge on any atom is -0.170 e. The Labute approximate surface area is 161 Å². The Balaban J connectivity index is 3.78. The highest BCUT2D eigenvalue weighted by molar-refractivity contribution is 4.93. The van der Waals surface area contributed by atoms with Gasteiger partial charge < -0.3 is 0 Å². The first-order chi connectivity index (χ1) is 12.6. The molecule has 0 atom stereocenters. The van der Waals surface area contributed by atoms with Crippen molar-refractivity contribution in [1.29, 1.82) is 0 Å². The van der Waals surface area contributed by atoms with Crippen molar-refractivity contribution < 1.29 is 26.3 Å². The molecule has 0 heterocycles. The Hall–Kier alpha value is -0.420. The molecule has 0 bridgehead atoms. The van der Waals surface area contributed by atoms with E-state index in [0.29, 0.717) is 12.8 Å². The topological polar surface area (TPSA) is 0 Å². The number of alkyl halides is 6. The molecule has 0 unspecified atom stereocenters. The van der Waals surface area contributed by atoms with E-state index in [1.54, 1.807) is 0 Å². The molecule has 0 aromatic carbocycles. The summed E-state index contributed by atoms with van der Waals surface area (Å²) >= 11 is 0. The number of unbranched alkanes of at least 4 members (excludes halogenated alkanes) is 13. The maximum Gasteiger partial charge on any atom is 0.403 e. The molecular weight excluding hydrogens is 366 g/mol. The minimum atomic E-state index is -5.30. The fraction of sp³-hybridized carbons (Fsp3) is 0.952. The van der Waals surface area contributed by atoms with Gasteiger partial charge in [-0.2, -0.15) is 26.3 Å². The van der Waals surface area contributed by atoms with Crippen LogP contribution in [0.15, 0.2) is 0 Å². The van der Waals surface area contributed by atoms with Gasteiger partial charge in [-0.15, -0.1) is 0 Å². The fourth-order valence-electron chi connectivity index (χ4n) is 3.47. The lowest BCUT2D eigenvalue weighted by Crippen LogP contribution is -2.49. The second kappa shape index (κ2) is 13.7. The van der Waals surface area contributed by atoms with Crippen molar-refractivity contribution >= 4 is 0 Å². The predicted octanol–water partition coefficient (Wildman–Crippen LogP) is 9.19. The Bertz CT molecular complexity index is 332. The van der Waals surface area contributed by atoms with Crippen LogP contribution in [-0.4, -0.2) is 12.4 Å². The molecule has 0 aromatic heterocycles. The molecule has 0 saturated heterocycles. The molecule has 0 aliphatic heterocycles. The van der Waals surface area contributed by atoms with Gasteiger partial charge in [0.25, 0.3) is 0 Å². The smallest absolute Gasteiger partial charge is 0.170 e. The van der Waals surface area contributed by atoms with Crippen molar-refractivity contribution in [3.8, 4) is 0 Å². The first-order valence-electron chi connectivity index (χ1n) is 10.5. The van der Waals surface area contributed by atoms with Crippen molar-refractivity contribution in [2.24, 2.45) is 5.41 Å². The van der Waals surface area contributed by atoms with Gasteiger partial charge in [0.05, 0.1) is 0 Å². The van der Waals surface area contributed by atoms with Gasteiger partial charge in [-0.05, 0) is 12.8 Å². The van der Waals surface area contributed by atoms with Gasteiger partial charge in [0.2, 0.25) is 0 Å². The first kappa shape index (κ1) is 26.6. The monoisotopic (exact) mass is 403 g/mol. The van der Waals surface area contributed by atoms with Gasteiger partial charge in [-0.25, -0.2) is 0 Å². The summed E-state index contributed by atoms with van der Waals surface area (Å²) in [6, 6.07) is 0. The zero-order valence-electron chi connectivity index (χ0n) is 16.8. The van der Waals surface area contributed by atoms with Gasteiger partial charge in [0.1, 0.15) is 0 Å². The van der Waals surface area contributed by atoms with E-state index >= 15 is 0 Å². The fourth-order valence-corrected chi connectivity index (χ4v) is 3.47. The van der Waals surface area contributed by atoms with Crippen LogP contribution < -0.4 is 0 Å². The van der Waals surface area contributed by atoms with Crippen LogP contribution >= 0.6 is 0 Å². The summed E-state index contributed by atoms with van der Waals surface area (Å²) in [6.45, 7) is 5.13. The molecule has 27 heavy (non-hydrogen) atoms. The molecule has 0 saturated carbocycles. The van der Waals surface area contributed by atoms with E-state index in [0.717, 1.165) is 19.3 Å². The van der Waals surface area contributed by atoms with Gasteiger partial charge in [-0.3, -0.25) is 0 Å². The summed E-state index contributed by atoms with van der Waals surface area (Å²) in [6.07, 6.45) is 1.42. The standard InChI is InChI=1S/C21H37F6/c1-3-5-6-7-8-9-10-11-12-13-14-15-16-17-18-19(4-2,20(22,23)24)21(25,26)27/h2-18H2,1H3. The molecule has 0 N–H and O–H groups in total. The van der Waals surface area contributed by atoms with Crippen molar-refractivity contribution in [2.45, 2.75) is 122 Å². The maximum absolute atomic E-state index is 13.0. The Morgan fingerprint density at radius 3 is 1.07 bits per heavy atom. The summed E-state index contributed by atoms with van der Waals surface area (Å²) in [5.74, 6) is 0. The van der Waals surface area contributed by atoms with Crippen LogP contribution in [0.1, 0.15) is 110 Å². The molecule has 0 fully saturated rings. The van der Waals surface area contributed by atoms with Crippen LogP contribution in [-0.2, 0) is 0 Å². The van der Waals surface area contributed by atoms with E-state index in [2.05, 4.69) is 13.8 Å². The number of hydrogen-bond donors (Lipinski definition) is 0. The summed E-state index contributed by atoms with van der Waals surface area (Å²) < 4.78 is 77.9. The third-order valence-corrected chi connectivity index (χ3v) is 5.47. The minimum absolute atomic E-state index is 0.0632. The molecule has 6 heteroatoms. The molecule has 0 aliphatic rings. The summed E-state index contributed by atoms with van der Waals surface area (Å²) in [5, 5.41) is 0. The SMILES string of the molecule is [CH2]CC(CCCCCCCCCCCCCCCC)(C(F)(F)F)C(F)(F)F. The van der Waals surface area contributed by atoms with E-state index in [1.165, 1.54) is 51.4 Å². The lowest BCUT2D eigenvalue weighted by Gasteiger charge is -2.36. The van der Waals surface area contributed by atoms with E-state index in [-0.39, 0.29) is 6.42 Å². The Morgan fingerprint density at radius 2 is 0.815 bits per heavy atom. The molecule has 0 nitrogen and oxygen atoms in total. The summed E-state index contributed by atoms with van der Waals surface area (Å²) in [7, 11) is 0. The molecule has 1 radical (unpaired) electrons. The lowest BCUT2D eigenvalue weighted by atomic mass is 9.78. The van der Waals surface area contributed by atoms with Crippen LogP contribution in [0.3, 0.4) is 0 Å². The number of hydrogen-bond acceptors (Lipinski definition) is 0. The molecule has 0 amide bonds. The molecule has 0 rings (SSSR count). The second-order valence-electron chi connectivity index (χ2n) is 7.67. The maximum atomic E-state index is 13.0. The third-order valence-electron chi connectivity index (χ3n) is 5.47. The first-order valence-corrected chi connectivity index (χ1v) is 10.5.